The lowest BCUT2D eigenvalue weighted by molar-refractivity contribution is -0.134. The summed E-state index contributed by atoms with van der Waals surface area (Å²) in [6.07, 6.45) is -1.97. The molecule has 8 heteroatoms. The predicted molar refractivity (Wildman–Crippen MR) is 114 cm³/mol. The van der Waals surface area contributed by atoms with E-state index in [1.165, 1.54) is 12.1 Å². The zero-order valence-corrected chi connectivity index (χ0v) is 16.8. The Hall–Kier alpha value is -3.52. The molecule has 0 atom stereocenters. The van der Waals surface area contributed by atoms with E-state index in [4.69, 9.17) is 9.84 Å². The zero-order chi connectivity index (χ0) is 22.0. The van der Waals surface area contributed by atoms with Crippen LogP contribution in [0.15, 0.2) is 66.7 Å². The first-order valence-corrected chi connectivity index (χ1v) is 10.0. The molecule has 0 saturated heterocycles. The van der Waals surface area contributed by atoms with Crippen LogP contribution in [0.25, 0.3) is 28.1 Å². The molecular formula is C23H16F3NO3S. The summed E-state index contributed by atoms with van der Waals surface area (Å²) in [5.41, 5.74) is 2.06. The Bertz CT molecular complexity index is 1260. The molecule has 0 bridgehead atoms. The Labute approximate surface area is 179 Å². The van der Waals surface area contributed by atoms with Gasteiger partial charge in [-0.3, -0.25) is 0 Å². The van der Waals surface area contributed by atoms with Gasteiger partial charge in [-0.05, 0) is 42.0 Å². The first-order valence-electron chi connectivity index (χ1n) is 9.21. The molecule has 2 heterocycles. The van der Waals surface area contributed by atoms with Crippen molar-refractivity contribution in [3.8, 4) is 16.9 Å². The summed E-state index contributed by atoms with van der Waals surface area (Å²) in [7, 11) is 0. The summed E-state index contributed by atoms with van der Waals surface area (Å²) >= 11 is 0.677. The summed E-state index contributed by atoms with van der Waals surface area (Å²) in [4.78, 5) is 13.5. The molecule has 0 unspecified atom stereocenters. The Morgan fingerprint density at radius 1 is 1.10 bits per heavy atom. The second-order valence-corrected chi connectivity index (χ2v) is 7.89. The molecule has 4 nitrogen and oxygen atoms in total. The average Bonchev–Trinajstić information content (AvgIpc) is 3.35. The van der Waals surface area contributed by atoms with Crippen LogP contribution in [0, 0.1) is 0 Å². The molecule has 2 N–H and O–H groups in total. The van der Waals surface area contributed by atoms with E-state index in [0.717, 1.165) is 17.0 Å². The fraction of sp³-hybridized carbons (Fsp3) is 0.0870. The van der Waals surface area contributed by atoms with Crippen molar-refractivity contribution in [3.05, 3.63) is 82.2 Å². The molecule has 0 saturated carbocycles. The molecule has 4 aromatic rings. The number of rotatable bonds is 6. The van der Waals surface area contributed by atoms with Gasteiger partial charge in [-0.25, -0.2) is 4.79 Å². The number of carboxylic acids is 1. The van der Waals surface area contributed by atoms with Crippen LogP contribution in [-0.2, 0) is 17.6 Å². The third-order valence-electron chi connectivity index (χ3n) is 4.52. The third kappa shape index (κ3) is 4.80. The number of hydrogen-bond acceptors (Lipinski definition) is 3. The zero-order valence-electron chi connectivity index (χ0n) is 15.9. The molecule has 0 radical (unpaired) electrons. The summed E-state index contributed by atoms with van der Waals surface area (Å²) in [6.45, 7) is 0.00227. The van der Waals surface area contributed by atoms with E-state index in [1.54, 1.807) is 54.6 Å². The Kier molecular flexibility index (Phi) is 5.56. The van der Waals surface area contributed by atoms with E-state index in [2.05, 4.69) is 4.98 Å². The van der Waals surface area contributed by atoms with Gasteiger partial charge in [0, 0.05) is 33.1 Å². The molecular weight excluding hydrogens is 427 g/mol. The van der Waals surface area contributed by atoms with Crippen molar-refractivity contribution in [2.24, 2.45) is 0 Å². The molecule has 0 fully saturated rings. The lowest BCUT2D eigenvalue weighted by atomic mass is 10.1. The largest absolute Gasteiger partial charge is 0.488 e. The molecule has 0 amide bonds. The number of nitrogens with one attached hydrogen (secondary N) is 1. The van der Waals surface area contributed by atoms with Gasteiger partial charge in [0.2, 0.25) is 0 Å². The van der Waals surface area contributed by atoms with Crippen LogP contribution in [-0.4, -0.2) is 16.1 Å². The van der Waals surface area contributed by atoms with Gasteiger partial charge in [-0.15, -0.1) is 11.3 Å². The van der Waals surface area contributed by atoms with E-state index in [1.807, 2.05) is 0 Å². The molecule has 0 aliphatic rings. The first kappa shape index (κ1) is 20.7. The van der Waals surface area contributed by atoms with Crippen molar-refractivity contribution >= 4 is 34.3 Å². The molecule has 4 rings (SSSR count). The number of aromatic nitrogens is 1. The predicted octanol–water partition coefficient (Wildman–Crippen LogP) is 6.59. The van der Waals surface area contributed by atoms with Crippen LogP contribution in [0.2, 0.25) is 0 Å². The van der Waals surface area contributed by atoms with Gasteiger partial charge >= 0.3 is 12.1 Å². The maximum Gasteiger partial charge on any atom is 0.426 e. The third-order valence-corrected chi connectivity index (χ3v) is 5.68. The fourth-order valence-corrected chi connectivity index (χ4v) is 4.14. The number of H-pyrrole nitrogens is 1. The van der Waals surface area contributed by atoms with Gasteiger partial charge in [0.25, 0.3) is 0 Å². The minimum atomic E-state index is -4.45. The number of hydrogen-bond donors (Lipinski definition) is 2. The molecule has 2 aromatic carbocycles. The minimum absolute atomic E-state index is 0.00227. The SMILES string of the molecule is O=C(O)/C=C/c1cc2cc(OCc3cc(-c4ccccc4)c(C(F)(F)F)s3)ccc2[nH]1. The summed E-state index contributed by atoms with van der Waals surface area (Å²) in [5, 5.41) is 9.53. The first-order chi connectivity index (χ1) is 14.8. The summed E-state index contributed by atoms with van der Waals surface area (Å²) in [5.74, 6) is -0.546. The second-order valence-electron chi connectivity index (χ2n) is 6.75. The fourth-order valence-electron chi connectivity index (χ4n) is 3.18. The lowest BCUT2D eigenvalue weighted by Gasteiger charge is -2.07. The van der Waals surface area contributed by atoms with Gasteiger partial charge < -0.3 is 14.8 Å². The Balaban J connectivity index is 1.55. The highest BCUT2D eigenvalue weighted by atomic mass is 32.1. The average molecular weight is 443 g/mol. The topological polar surface area (TPSA) is 62.3 Å². The molecule has 0 spiro atoms. The standard InChI is InChI=1S/C23H16F3NO3S/c24-23(25,26)22-19(14-4-2-1-3-5-14)12-18(31-22)13-30-17-7-8-20-15(11-17)10-16(27-20)6-9-21(28)29/h1-12,27H,13H2,(H,28,29)/b9-6+. The van der Waals surface area contributed by atoms with Crippen LogP contribution in [0.4, 0.5) is 13.2 Å². The minimum Gasteiger partial charge on any atom is -0.488 e. The van der Waals surface area contributed by atoms with E-state index in [0.29, 0.717) is 33.2 Å². The number of carboxylic acid groups (broad SMARTS) is 1. The van der Waals surface area contributed by atoms with Crippen molar-refractivity contribution < 1.29 is 27.8 Å². The second kappa shape index (κ2) is 8.31. The number of halogens is 3. The number of benzene rings is 2. The van der Waals surface area contributed by atoms with Crippen LogP contribution >= 0.6 is 11.3 Å². The molecule has 31 heavy (non-hydrogen) atoms. The monoisotopic (exact) mass is 443 g/mol. The number of aromatic amines is 1. The van der Waals surface area contributed by atoms with Crippen molar-refractivity contribution in [1.82, 2.24) is 4.98 Å². The molecule has 0 aliphatic heterocycles. The molecule has 0 aliphatic carbocycles. The van der Waals surface area contributed by atoms with E-state index >= 15 is 0 Å². The highest BCUT2D eigenvalue weighted by molar-refractivity contribution is 7.12. The highest BCUT2D eigenvalue weighted by Crippen LogP contribution is 2.43. The maximum absolute atomic E-state index is 13.5. The van der Waals surface area contributed by atoms with Crippen molar-refractivity contribution in [2.75, 3.05) is 0 Å². The van der Waals surface area contributed by atoms with Gasteiger partial charge in [0.05, 0.1) is 0 Å². The maximum atomic E-state index is 13.5. The van der Waals surface area contributed by atoms with E-state index in [-0.39, 0.29) is 12.2 Å². The lowest BCUT2D eigenvalue weighted by Crippen LogP contribution is -2.03. The smallest absolute Gasteiger partial charge is 0.426 e. The highest BCUT2D eigenvalue weighted by Gasteiger charge is 2.36. The van der Waals surface area contributed by atoms with Crippen molar-refractivity contribution in [3.63, 3.8) is 0 Å². The van der Waals surface area contributed by atoms with Crippen molar-refractivity contribution in [1.29, 1.82) is 0 Å². The normalized spacial score (nSPS) is 12.0. The Morgan fingerprint density at radius 2 is 1.87 bits per heavy atom. The van der Waals surface area contributed by atoms with Gasteiger partial charge in [0.15, 0.2) is 0 Å². The number of ether oxygens (including phenoxy) is 1. The van der Waals surface area contributed by atoms with Gasteiger partial charge in [-0.1, -0.05) is 30.3 Å². The number of aliphatic carboxylic acids is 1. The van der Waals surface area contributed by atoms with E-state index < -0.39 is 17.0 Å². The van der Waals surface area contributed by atoms with Gasteiger partial charge in [-0.2, -0.15) is 13.2 Å². The molecule has 158 valence electrons. The molecule has 2 aromatic heterocycles. The quantitative estimate of drug-likeness (QED) is 0.330. The van der Waals surface area contributed by atoms with Crippen molar-refractivity contribution in [2.45, 2.75) is 12.8 Å². The van der Waals surface area contributed by atoms with Crippen LogP contribution in [0.5, 0.6) is 5.75 Å². The number of thiophene rings is 1. The number of carbonyl (C=O) groups is 1. The Morgan fingerprint density at radius 3 is 2.58 bits per heavy atom. The van der Waals surface area contributed by atoms with E-state index in [9.17, 15) is 18.0 Å². The van der Waals surface area contributed by atoms with Crippen LogP contribution < -0.4 is 4.74 Å². The number of fused-ring (bicyclic) bond motifs is 1. The summed E-state index contributed by atoms with van der Waals surface area (Å²) < 4.78 is 46.3. The summed E-state index contributed by atoms with van der Waals surface area (Å²) in [6, 6.07) is 17.0. The van der Waals surface area contributed by atoms with Crippen LogP contribution in [0.1, 0.15) is 15.4 Å². The number of alkyl halides is 3. The van der Waals surface area contributed by atoms with Crippen LogP contribution in [0.3, 0.4) is 0 Å². The van der Waals surface area contributed by atoms with Gasteiger partial charge in [0.1, 0.15) is 17.2 Å².